The molecule has 0 radical (unpaired) electrons. The van der Waals surface area contributed by atoms with E-state index >= 15 is 0 Å². The van der Waals surface area contributed by atoms with Gasteiger partial charge in [0.15, 0.2) is 0 Å². The maximum absolute atomic E-state index is 12.2. The Morgan fingerprint density at radius 2 is 1.88 bits per heavy atom. The lowest BCUT2D eigenvalue weighted by Gasteiger charge is -2.36. The zero-order valence-corrected chi connectivity index (χ0v) is 14.2. The molecule has 5 heteroatoms. The Bertz CT molecular complexity index is 733. The third kappa shape index (κ3) is 2.98. The number of fused-ring (bicyclic) bond motifs is 2. The molecule has 0 saturated carbocycles. The maximum atomic E-state index is 12.2. The monoisotopic (exact) mass is 343 g/mol. The summed E-state index contributed by atoms with van der Waals surface area (Å²) in [6, 6.07) is 11.8. The van der Waals surface area contributed by atoms with Gasteiger partial charge in [0.25, 0.3) is 0 Å². The first-order valence-electron chi connectivity index (χ1n) is 8.38. The Kier molecular flexibility index (Phi) is 4.14. The summed E-state index contributed by atoms with van der Waals surface area (Å²) >= 11 is 0. The molecule has 2 saturated heterocycles. The van der Waals surface area contributed by atoms with Crippen LogP contribution < -0.4 is 4.74 Å². The van der Waals surface area contributed by atoms with Crippen molar-refractivity contribution < 1.29 is 14.1 Å². The van der Waals surface area contributed by atoms with Crippen LogP contribution in [0.3, 0.4) is 0 Å². The van der Waals surface area contributed by atoms with Crippen LogP contribution in [0.25, 0.3) is 0 Å². The van der Waals surface area contributed by atoms with Crippen molar-refractivity contribution in [3.05, 3.63) is 59.9 Å². The molecule has 0 spiro atoms. The summed E-state index contributed by atoms with van der Waals surface area (Å²) in [5.74, 6) is 0.656. The smallest absolute Gasteiger partial charge is 0.138 e. The van der Waals surface area contributed by atoms with Crippen LogP contribution in [0.4, 0.5) is 0 Å². The van der Waals surface area contributed by atoms with Crippen LogP contribution in [0, 0.1) is 0 Å². The van der Waals surface area contributed by atoms with E-state index in [1.54, 1.807) is 12.4 Å². The fourth-order valence-electron chi connectivity index (χ4n) is 3.81. The molecule has 0 amide bonds. The molecule has 2 aliphatic rings. The van der Waals surface area contributed by atoms with Crippen molar-refractivity contribution in [2.24, 2.45) is 0 Å². The van der Waals surface area contributed by atoms with E-state index in [1.165, 1.54) is 0 Å². The molecule has 1 aromatic heterocycles. The Labute approximate surface area is 144 Å². The first-order chi connectivity index (χ1) is 11.6. The maximum Gasteiger partial charge on any atom is 0.138 e. The normalized spacial score (nSPS) is 31.8. The molecule has 4 nitrogen and oxygen atoms in total. The van der Waals surface area contributed by atoms with Gasteiger partial charge in [-0.3, -0.25) is 9.19 Å². The van der Waals surface area contributed by atoms with Crippen LogP contribution in [0.5, 0.6) is 5.75 Å². The number of hydrogen-bond acceptors (Lipinski definition) is 4. The van der Waals surface area contributed by atoms with Gasteiger partial charge in [0.05, 0.1) is 11.8 Å². The molecule has 1 N–H and O–H groups in total. The molecule has 4 rings (SSSR count). The zero-order valence-electron chi connectivity index (χ0n) is 13.4. The molecular weight excluding hydrogens is 322 g/mol. The highest BCUT2D eigenvalue weighted by molar-refractivity contribution is 7.86. The third-order valence-electron chi connectivity index (χ3n) is 5.10. The van der Waals surface area contributed by atoms with Crippen molar-refractivity contribution in [3.8, 4) is 5.75 Å². The van der Waals surface area contributed by atoms with Gasteiger partial charge in [-0.05, 0) is 37.3 Å². The van der Waals surface area contributed by atoms with Crippen molar-refractivity contribution >= 4 is 10.8 Å². The van der Waals surface area contributed by atoms with Crippen molar-refractivity contribution in [2.45, 2.75) is 48.4 Å². The van der Waals surface area contributed by atoms with E-state index in [9.17, 15) is 9.32 Å². The van der Waals surface area contributed by atoms with Gasteiger partial charge in [-0.1, -0.05) is 30.3 Å². The average molecular weight is 343 g/mol. The largest absolute Gasteiger partial charge is 0.487 e. The Balaban J connectivity index is 1.51. The van der Waals surface area contributed by atoms with Crippen molar-refractivity contribution in [1.82, 2.24) is 4.98 Å². The Hall–Kier alpha value is -1.72. The highest BCUT2D eigenvalue weighted by Crippen LogP contribution is 2.46. The summed E-state index contributed by atoms with van der Waals surface area (Å²) in [5.41, 5.74) is 0.938. The predicted molar refractivity (Wildman–Crippen MR) is 93.1 cm³/mol. The van der Waals surface area contributed by atoms with Crippen LogP contribution in [0.2, 0.25) is 0 Å². The highest BCUT2D eigenvalue weighted by Gasteiger charge is 2.48. The van der Waals surface area contributed by atoms with E-state index in [-0.39, 0.29) is 10.5 Å². The molecule has 126 valence electrons. The number of rotatable bonds is 4. The molecule has 2 atom stereocenters. The van der Waals surface area contributed by atoms with Gasteiger partial charge in [-0.2, -0.15) is 0 Å². The molecular formula is C19H21NO3S. The lowest BCUT2D eigenvalue weighted by atomic mass is 9.87. The van der Waals surface area contributed by atoms with Crippen molar-refractivity contribution in [3.63, 3.8) is 0 Å². The molecule has 24 heavy (non-hydrogen) atoms. The van der Waals surface area contributed by atoms with E-state index in [0.717, 1.165) is 24.0 Å². The average Bonchev–Trinajstić information content (AvgIpc) is 2.83. The minimum atomic E-state index is -0.932. The van der Waals surface area contributed by atoms with Gasteiger partial charge in [-0.15, -0.1) is 0 Å². The molecule has 0 aliphatic carbocycles. The van der Waals surface area contributed by atoms with E-state index in [4.69, 9.17) is 4.74 Å². The minimum absolute atomic E-state index is 0.114. The van der Waals surface area contributed by atoms with Crippen LogP contribution in [0.1, 0.15) is 36.8 Å². The second-order valence-electron chi connectivity index (χ2n) is 6.77. The highest BCUT2D eigenvalue weighted by atomic mass is 32.2. The summed E-state index contributed by atoms with van der Waals surface area (Å²) in [6.45, 7) is 0.472. The summed E-state index contributed by atoms with van der Waals surface area (Å²) in [4.78, 5) is 4.25. The van der Waals surface area contributed by atoms with Crippen LogP contribution in [0.15, 0.2) is 48.8 Å². The molecule has 3 heterocycles. The molecule has 2 bridgehead atoms. The van der Waals surface area contributed by atoms with Crippen molar-refractivity contribution in [2.75, 3.05) is 0 Å². The van der Waals surface area contributed by atoms with E-state index in [2.05, 4.69) is 4.98 Å². The number of pyridine rings is 1. The van der Waals surface area contributed by atoms with Gasteiger partial charge in [-0.25, -0.2) is 0 Å². The van der Waals surface area contributed by atoms with E-state index in [0.29, 0.717) is 25.2 Å². The lowest BCUT2D eigenvalue weighted by molar-refractivity contribution is 0.0179. The summed E-state index contributed by atoms with van der Waals surface area (Å²) in [7, 11) is -0.784. The number of nitrogens with zero attached hydrogens (tertiary/aromatic N) is 1. The second-order valence-corrected chi connectivity index (χ2v) is 8.76. The predicted octanol–water partition coefficient (Wildman–Crippen LogP) is 2.92. The van der Waals surface area contributed by atoms with Gasteiger partial charge in [0, 0.05) is 33.1 Å². The van der Waals surface area contributed by atoms with Crippen LogP contribution >= 0.6 is 0 Å². The second kappa shape index (κ2) is 6.30. The molecule has 2 aromatic rings. The fraction of sp³-hybridized carbons (Fsp3) is 0.421. The van der Waals surface area contributed by atoms with E-state index < -0.39 is 16.4 Å². The fourth-order valence-corrected chi connectivity index (χ4v) is 5.97. The number of hydrogen-bond donors (Lipinski definition) is 1. The molecule has 2 unspecified atom stereocenters. The summed E-state index contributed by atoms with van der Waals surface area (Å²) in [6.07, 6.45) is 6.41. The molecule has 1 aromatic carbocycles. The molecule has 2 aliphatic heterocycles. The number of ether oxygens (including phenoxy) is 1. The minimum Gasteiger partial charge on any atom is -0.487 e. The first-order valence-corrected chi connectivity index (χ1v) is 9.66. The Morgan fingerprint density at radius 1 is 1.17 bits per heavy atom. The zero-order chi connectivity index (χ0) is 16.6. The first kappa shape index (κ1) is 15.8. The van der Waals surface area contributed by atoms with Gasteiger partial charge < -0.3 is 9.84 Å². The quantitative estimate of drug-likeness (QED) is 0.927. The topological polar surface area (TPSA) is 59.4 Å². The lowest BCUT2D eigenvalue weighted by Crippen LogP contribution is -2.40. The summed E-state index contributed by atoms with van der Waals surface area (Å²) < 4.78 is 18.0. The van der Waals surface area contributed by atoms with Gasteiger partial charge in [0.1, 0.15) is 12.4 Å². The Morgan fingerprint density at radius 3 is 2.58 bits per heavy atom. The van der Waals surface area contributed by atoms with Crippen LogP contribution in [-0.2, 0) is 23.0 Å². The van der Waals surface area contributed by atoms with Gasteiger partial charge in [0.2, 0.25) is 0 Å². The van der Waals surface area contributed by atoms with E-state index in [1.807, 2.05) is 36.4 Å². The van der Waals surface area contributed by atoms with Crippen LogP contribution in [-0.4, -0.2) is 24.8 Å². The van der Waals surface area contributed by atoms with Crippen molar-refractivity contribution in [1.29, 1.82) is 0 Å². The van der Waals surface area contributed by atoms with Gasteiger partial charge >= 0.3 is 0 Å². The number of aromatic nitrogens is 1. The summed E-state index contributed by atoms with van der Waals surface area (Å²) in [5, 5.41) is 11.3. The number of benzene rings is 1. The SMILES string of the molecule is O=S1C2CCC1CC(O)(c1cncc(OCc3ccccc3)c1)C2. The number of aliphatic hydroxyl groups is 1. The standard InChI is InChI=1S/C19H21NO3S/c21-19(9-17-6-7-18(10-19)24(17)22)15-8-16(12-20-11-15)23-13-14-4-2-1-3-5-14/h1-5,8,11-12,17-18,21H,6-7,9-10,13H2. The molecule has 2 fully saturated rings. The third-order valence-corrected chi connectivity index (χ3v) is 7.22.